The van der Waals surface area contributed by atoms with Crippen LogP contribution in [0.2, 0.25) is 0 Å². The van der Waals surface area contributed by atoms with Crippen LogP contribution in [0.25, 0.3) is 0 Å². The molecule has 1 aromatic heterocycles. The summed E-state index contributed by atoms with van der Waals surface area (Å²) in [5, 5.41) is 26.6. The van der Waals surface area contributed by atoms with Gasteiger partial charge in [0.15, 0.2) is 11.6 Å². The van der Waals surface area contributed by atoms with E-state index in [4.69, 9.17) is 0 Å². The van der Waals surface area contributed by atoms with Crippen molar-refractivity contribution in [1.29, 1.82) is 0 Å². The zero-order valence-corrected chi connectivity index (χ0v) is 14.6. The highest BCUT2D eigenvalue weighted by Gasteiger charge is 2.51. The molecule has 1 fully saturated rings. The highest BCUT2D eigenvalue weighted by Crippen LogP contribution is 2.37. The minimum Gasteiger partial charge on any atom is -0.377 e. The van der Waals surface area contributed by atoms with Crippen LogP contribution in [-0.2, 0) is 12.1 Å². The Kier molecular flexibility index (Phi) is 4.92. The Hall–Kier alpha value is -2.16. The van der Waals surface area contributed by atoms with E-state index in [9.17, 15) is 19.1 Å². The van der Waals surface area contributed by atoms with Gasteiger partial charge in [-0.15, -0.1) is 0 Å². The van der Waals surface area contributed by atoms with E-state index in [0.717, 1.165) is 17.7 Å². The second-order valence-electron chi connectivity index (χ2n) is 7.00. The van der Waals surface area contributed by atoms with Gasteiger partial charge in [-0.25, -0.2) is 23.7 Å². The van der Waals surface area contributed by atoms with E-state index in [0.29, 0.717) is 25.9 Å². The summed E-state index contributed by atoms with van der Waals surface area (Å²) in [5.74, 6) is -1.60. The summed E-state index contributed by atoms with van der Waals surface area (Å²) in [5.41, 5.74) is -0.871. The highest BCUT2D eigenvalue weighted by atomic mass is 19.1. The van der Waals surface area contributed by atoms with Crippen molar-refractivity contribution in [2.75, 3.05) is 13.1 Å². The van der Waals surface area contributed by atoms with Gasteiger partial charge in [0.25, 0.3) is 0 Å². The molecule has 0 unspecified atom stereocenters. The molecule has 26 heavy (non-hydrogen) atoms. The Morgan fingerprint density at radius 1 is 1.35 bits per heavy atom. The first-order valence-corrected chi connectivity index (χ1v) is 8.51. The lowest BCUT2D eigenvalue weighted by Crippen LogP contribution is -2.63. The second-order valence-corrected chi connectivity index (χ2v) is 7.00. The number of piperidine rings is 1. The molecule has 0 spiro atoms. The number of aromatic nitrogens is 3. The Labute approximate surface area is 150 Å². The summed E-state index contributed by atoms with van der Waals surface area (Å²) >= 11 is 0. The largest absolute Gasteiger partial charge is 0.377 e. The number of aliphatic hydroxyl groups is 1. The molecular weight excluding hydrogens is 342 g/mol. The maximum absolute atomic E-state index is 14.5. The summed E-state index contributed by atoms with van der Waals surface area (Å²) in [6.45, 7) is 6.20. The second kappa shape index (κ2) is 6.86. The molecule has 2 aromatic rings. The quantitative estimate of drug-likeness (QED) is 0.630. The van der Waals surface area contributed by atoms with Crippen LogP contribution in [-0.4, -0.2) is 48.9 Å². The fourth-order valence-electron chi connectivity index (χ4n) is 3.57. The lowest BCUT2D eigenvalue weighted by molar-refractivity contribution is -1.12. The maximum atomic E-state index is 14.5. The Balaban J connectivity index is 2.03. The molecule has 1 saturated heterocycles. The number of hydrogen-bond donors (Lipinski definition) is 2. The molecule has 2 atom stereocenters. The van der Waals surface area contributed by atoms with E-state index in [-0.39, 0.29) is 12.1 Å². The Morgan fingerprint density at radius 3 is 2.62 bits per heavy atom. The fraction of sp³-hybridized carbons (Fsp3) is 0.444. The topological polar surface area (TPSA) is 71.2 Å². The van der Waals surface area contributed by atoms with Gasteiger partial charge >= 0.3 is 0 Å². The molecule has 0 amide bonds. The molecule has 0 bridgehead atoms. The van der Waals surface area contributed by atoms with Crippen LogP contribution in [0.1, 0.15) is 25.3 Å². The molecule has 8 heteroatoms. The third kappa shape index (κ3) is 3.40. The smallest absolute Gasteiger partial charge is 0.166 e. The average molecular weight is 365 g/mol. The number of likely N-dealkylation sites (tertiary alicyclic amines) is 1. The first-order chi connectivity index (χ1) is 12.2. The van der Waals surface area contributed by atoms with Crippen LogP contribution in [0, 0.1) is 11.6 Å². The van der Waals surface area contributed by atoms with Gasteiger partial charge < -0.3 is 5.11 Å². The maximum Gasteiger partial charge on any atom is 0.166 e. The third-order valence-corrected chi connectivity index (χ3v) is 5.38. The molecule has 0 aliphatic carbocycles. The number of hydroxylamine groups is 3. The normalized spacial score (nSPS) is 20.6. The van der Waals surface area contributed by atoms with E-state index in [1.165, 1.54) is 23.4 Å². The van der Waals surface area contributed by atoms with Gasteiger partial charge in [-0.2, -0.15) is 9.75 Å². The molecule has 0 saturated carbocycles. The van der Waals surface area contributed by atoms with E-state index >= 15 is 0 Å². The number of hydrogen-bond acceptors (Lipinski definition) is 4. The first-order valence-electron chi connectivity index (χ1n) is 8.51. The monoisotopic (exact) mass is 365 g/mol. The summed E-state index contributed by atoms with van der Waals surface area (Å²) in [7, 11) is 0. The molecule has 2 heterocycles. The van der Waals surface area contributed by atoms with Crippen molar-refractivity contribution in [3.05, 3.63) is 60.2 Å². The van der Waals surface area contributed by atoms with Gasteiger partial charge in [-0.05, 0) is 19.1 Å². The number of rotatable bonds is 5. The molecule has 6 nitrogen and oxygen atoms in total. The highest BCUT2D eigenvalue weighted by molar-refractivity contribution is 5.26. The van der Waals surface area contributed by atoms with Crippen LogP contribution >= 0.6 is 0 Å². The van der Waals surface area contributed by atoms with E-state index in [1.807, 2.05) is 0 Å². The Morgan fingerprint density at radius 2 is 2.04 bits per heavy atom. The number of quaternary nitrogens is 1. The van der Waals surface area contributed by atoms with E-state index in [1.54, 1.807) is 6.92 Å². The van der Waals surface area contributed by atoms with Crippen LogP contribution in [0.4, 0.5) is 8.78 Å². The Bertz CT molecular complexity index is 786. The average Bonchev–Trinajstić information content (AvgIpc) is 3.09. The van der Waals surface area contributed by atoms with Crippen molar-refractivity contribution in [3.63, 3.8) is 0 Å². The van der Waals surface area contributed by atoms with Crippen molar-refractivity contribution in [2.24, 2.45) is 0 Å². The summed E-state index contributed by atoms with van der Waals surface area (Å²) in [4.78, 5) is 3.84. The molecule has 1 aliphatic rings. The molecule has 2 N–H and O–H groups in total. The molecule has 140 valence electrons. The van der Waals surface area contributed by atoms with Crippen LogP contribution in [0.15, 0.2) is 43.0 Å². The van der Waals surface area contributed by atoms with Gasteiger partial charge in [-0.3, -0.25) is 0 Å². The molecule has 0 radical (unpaired) electrons. The summed E-state index contributed by atoms with van der Waals surface area (Å²) < 4.78 is 28.9. The predicted octanol–water partition coefficient (Wildman–Crippen LogP) is 2.39. The van der Waals surface area contributed by atoms with Crippen molar-refractivity contribution in [1.82, 2.24) is 14.8 Å². The van der Waals surface area contributed by atoms with Gasteiger partial charge in [0, 0.05) is 24.5 Å². The zero-order valence-electron chi connectivity index (χ0n) is 14.6. The van der Waals surface area contributed by atoms with Gasteiger partial charge in [0.1, 0.15) is 37.4 Å². The predicted molar refractivity (Wildman–Crippen MR) is 89.9 cm³/mol. The molecule has 1 aromatic carbocycles. The lowest BCUT2D eigenvalue weighted by Gasteiger charge is -2.46. The fourth-order valence-corrected chi connectivity index (χ4v) is 3.57. The number of halogens is 2. The first kappa shape index (κ1) is 18.6. The standard InChI is InChI=1S/C18H23F2N4O2/c1-13-5-7-24(26,8-6-13)14(2)18(25,10-23-12-21-11-22-23)16-4-3-15(19)9-17(16)20/h3-4,9,11-12,14,25-26H,1,5-8,10H2,2H3/q+1/t14-,18-/m1/s1. The summed E-state index contributed by atoms with van der Waals surface area (Å²) in [6.07, 6.45) is 3.94. The van der Waals surface area contributed by atoms with Crippen molar-refractivity contribution in [3.8, 4) is 0 Å². The SMILES string of the molecule is C=C1CC[N+](O)([C@H](C)[C@](O)(Cn2cncn2)c2ccc(F)cc2F)CC1. The number of nitrogens with zero attached hydrogens (tertiary/aromatic N) is 4. The van der Waals surface area contributed by atoms with Crippen LogP contribution in [0.5, 0.6) is 0 Å². The zero-order chi connectivity index (χ0) is 18.9. The van der Waals surface area contributed by atoms with Gasteiger partial charge in [-0.1, -0.05) is 12.2 Å². The lowest BCUT2D eigenvalue weighted by atomic mass is 9.84. The minimum atomic E-state index is -1.82. The van der Waals surface area contributed by atoms with E-state index in [2.05, 4.69) is 16.7 Å². The summed E-state index contributed by atoms with van der Waals surface area (Å²) in [6, 6.07) is 2.25. The van der Waals surface area contributed by atoms with Crippen LogP contribution < -0.4 is 0 Å². The minimum absolute atomic E-state index is 0.0853. The van der Waals surface area contributed by atoms with Gasteiger partial charge in [0.05, 0.1) is 6.54 Å². The van der Waals surface area contributed by atoms with E-state index < -0.39 is 27.9 Å². The van der Waals surface area contributed by atoms with Crippen molar-refractivity contribution in [2.45, 2.75) is 38.0 Å². The van der Waals surface area contributed by atoms with Crippen molar-refractivity contribution >= 4 is 0 Å². The number of benzene rings is 1. The molecule has 3 rings (SSSR count). The molecular formula is C18H23F2N4O2+. The van der Waals surface area contributed by atoms with Gasteiger partial charge in [0.2, 0.25) is 0 Å². The van der Waals surface area contributed by atoms with Crippen molar-refractivity contribution < 1.29 is 23.7 Å². The third-order valence-electron chi connectivity index (χ3n) is 5.38. The molecule has 1 aliphatic heterocycles. The van der Waals surface area contributed by atoms with Crippen LogP contribution in [0.3, 0.4) is 0 Å².